The lowest BCUT2D eigenvalue weighted by atomic mass is 10.2. The molecule has 2 heterocycles. The predicted octanol–water partition coefficient (Wildman–Crippen LogP) is 4.47. The summed E-state index contributed by atoms with van der Waals surface area (Å²) in [5, 5.41) is 6.35. The first-order valence-corrected chi connectivity index (χ1v) is 13.7. The highest BCUT2D eigenvalue weighted by molar-refractivity contribution is 8.03. The minimum Gasteiger partial charge on any atom is -0.495 e. The van der Waals surface area contributed by atoms with E-state index in [0.717, 1.165) is 15.0 Å². The Kier molecular flexibility index (Phi) is 7.45. The molecule has 0 saturated carbocycles. The molecule has 1 N–H and O–H groups in total. The van der Waals surface area contributed by atoms with Gasteiger partial charge in [0.25, 0.3) is 5.91 Å². The Hall–Kier alpha value is -2.93. The fraction of sp³-hybridized carbons (Fsp3) is 0.217. The van der Waals surface area contributed by atoms with E-state index in [-0.39, 0.29) is 27.9 Å². The molecule has 0 bridgehead atoms. The van der Waals surface area contributed by atoms with Crippen LogP contribution >= 0.6 is 23.1 Å². The van der Waals surface area contributed by atoms with Crippen LogP contribution in [-0.4, -0.2) is 62.0 Å². The summed E-state index contributed by atoms with van der Waals surface area (Å²) in [7, 11) is 0.430. The van der Waals surface area contributed by atoms with Crippen LogP contribution in [0.2, 0.25) is 0 Å². The van der Waals surface area contributed by atoms with Gasteiger partial charge in [0.05, 0.1) is 17.8 Å². The highest BCUT2D eigenvalue weighted by Crippen LogP contribution is 2.34. The summed E-state index contributed by atoms with van der Waals surface area (Å²) < 4.78 is 44.9. The molecular weight excluding hydrogens is 511 g/mol. The molecule has 1 fully saturated rings. The van der Waals surface area contributed by atoms with E-state index < -0.39 is 10.0 Å². The minimum atomic E-state index is -3.81. The first kappa shape index (κ1) is 25.2. The van der Waals surface area contributed by atoms with Crippen LogP contribution in [0.3, 0.4) is 0 Å². The molecule has 2 aromatic carbocycles. The SMILES string of the molecule is COc1ccc(C(=O)N2CCS/C2=C/c2csc(Nc3ccc(F)cc3)n2)cc1S(=O)(=O)N(C)C. The van der Waals surface area contributed by atoms with E-state index in [1.165, 1.54) is 68.6 Å². The molecular formula is C23H23FN4O4S3. The maximum Gasteiger partial charge on any atom is 0.258 e. The van der Waals surface area contributed by atoms with E-state index >= 15 is 0 Å². The molecule has 0 aliphatic carbocycles. The lowest BCUT2D eigenvalue weighted by Gasteiger charge is -2.19. The van der Waals surface area contributed by atoms with Gasteiger partial charge in [-0.1, -0.05) is 0 Å². The van der Waals surface area contributed by atoms with Crippen molar-refractivity contribution in [3.05, 3.63) is 69.9 Å². The summed E-state index contributed by atoms with van der Waals surface area (Å²) in [6, 6.07) is 10.4. The Morgan fingerprint density at radius 1 is 1.23 bits per heavy atom. The van der Waals surface area contributed by atoms with Crippen LogP contribution in [0.15, 0.2) is 57.8 Å². The average Bonchev–Trinajstić information content (AvgIpc) is 3.49. The Bertz CT molecular complexity index is 1370. The van der Waals surface area contributed by atoms with Gasteiger partial charge in [-0.25, -0.2) is 22.1 Å². The second kappa shape index (κ2) is 10.4. The second-order valence-corrected chi connectivity index (χ2v) is 11.7. The van der Waals surface area contributed by atoms with Crippen LogP contribution in [0, 0.1) is 5.82 Å². The molecule has 184 valence electrons. The zero-order valence-electron chi connectivity index (χ0n) is 19.2. The summed E-state index contributed by atoms with van der Waals surface area (Å²) in [6.07, 6.45) is 1.82. The molecule has 1 amide bonds. The number of hydrogen-bond acceptors (Lipinski definition) is 8. The summed E-state index contributed by atoms with van der Waals surface area (Å²) >= 11 is 2.91. The molecule has 1 saturated heterocycles. The number of rotatable bonds is 7. The van der Waals surface area contributed by atoms with Gasteiger partial charge in [-0.05, 0) is 48.5 Å². The third-order valence-electron chi connectivity index (χ3n) is 5.13. The zero-order valence-corrected chi connectivity index (χ0v) is 21.6. The van der Waals surface area contributed by atoms with Crippen LogP contribution in [0.25, 0.3) is 6.08 Å². The minimum absolute atomic E-state index is 0.0655. The van der Waals surface area contributed by atoms with E-state index in [4.69, 9.17) is 4.74 Å². The standard InChI is InChI=1S/C23H23FN4O4S3/c1-27(2)35(30,31)20-12-15(4-9-19(20)32-3)22(29)28-10-11-33-21(28)13-18-14-34-23(26-18)25-17-7-5-16(24)6-8-17/h4-9,12-14H,10-11H2,1-3H3,(H,25,26)/b21-13+. The topological polar surface area (TPSA) is 91.8 Å². The third kappa shape index (κ3) is 5.50. The lowest BCUT2D eigenvalue weighted by molar-refractivity contribution is 0.0830. The van der Waals surface area contributed by atoms with Gasteiger partial charge >= 0.3 is 0 Å². The number of methoxy groups -OCH3 is 1. The molecule has 3 aromatic rings. The first-order valence-electron chi connectivity index (χ1n) is 10.4. The number of thioether (sulfide) groups is 1. The predicted molar refractivity (Wildman–Crippen MR) is 137 cm³/mol. The maximum absolute atomic E-state index is 13.3. The van der Waals surface area contributed by atoms with Crippen molar-refractivity contribution in [2.45, 2.75) is 4.90 Å². The van der Waals surface area contributed by atoms with Gasteiger partial charge < -0.3 is 15.0 Å². The summed E-state index contributed by atoms with van der Waals surface area (Å²) in [5.74, 6) is 0.261. The summed E-state index contributed by atoms with van der Waals surface area (Å²) in [5.41, 5.74) is 1.64. The van der Waals surface area contributed by atoms with Crippen LogP contribution in [-0.2, 0) is 10.0 Å². The number of aromatic nitrogens is 1. The number of nitrogens with one attached hydrogen (secondary N) is 1. The molecule has 1 aliphatic rings. The third-order valence-corrected chi connectivity index (χ3v) is 8.77. The van der Waals surface area contributed by atoms with Crippen molar-refractivity contribution in [2.75, 3.05) is 38.8 Å². The quantitative estimate of drug-likeness (QED) is 0.478. The van der Waals surface area contributed by atoms with Crippen molar-refractivity contribution in [2.24, 2.45) is 0 Å². The highest BCUT2D eigenvalue weighted by Gasteiger charge is 2.29. The van der Waals surface area contributed by atoms with E-state index in [9.17, 15) is 17.6 Å². The molecule has 0 radical (unpaired) electrons. The highest BCUT2D eigenvalue weighted by atomic mass is 32.2. The second-order valence-electron chi connectivity index (χ2n) is 7.65. The number of halogens is 1. The number of hydrogen-bond donors (Lipinski definition) is 1. The number of benzene rings is 2. The maximum atomic E-state index is 13.3. The first-order chi connectivity index (χ1) is 16.7. The van der Waals surface area contributed by atoms with Crippen molar-refractivity contribution >= 4 is 55.9 Å². The number of nitrogens with zero attached hydrogens (tertiary/aromatic N) is 3. The van der Waals surface area contributed by atoms with Gasteiger partial charge in [0.1, 0.15) is 16.5 Å². The van der Waals surface area contributed by atoms with Gasteiger partial charge in [0.2, 0.25) is 10.0 Å². The van der Waals surface area contributed by atoms with Gasteiger partial charge in [0.15, 0.2) is 5.13 Å². The number of amides is 1. The van der Waals surface area contributed by atoms with Gasteiger partial charge in [-0.2, -0.15) is 0 Å². The fourth-order valence-electron chi connectivity index (χ4n) is 3.31. The van der Waals surface area contributed by atoms with Crippen molar-refractivity contribution in [3.63, 3.8) is 0 Å². The number of ether oxygens (including phenoxy) is 1. The molecule has 35 heavy (non-hydrogen) atoms. The van der Waals surface area contributed by atoms with E-state index in [1.54, 1.807) is 23.1 Å². The van der Waals surface area contributed by atoms with Gasteiger partial charge in [-0.3, -0.25) is 4.79 Å². The number of carbonyl (C=O) groups is 1. The molecule has 0 spiro atoms. The molecule has 1 aliphatic heterocycles. The Balaban J connectivity index is 1.57. The van der Waals surface area contributed by atoms with Crippen LogP contribution in [0.1, 0.15) is 16.1 Å². The van der Waals surface area contributed by atoms with Crippen LogP contribution < -0.4 is 10.1 Å². The number of carbonyl (C=O) groups excluding carboxylic acids is 1. The molecule has 1 aromatic heterocycles. The van der Waals surface area contributed by atoms with E-state index in [2.05, 4.69) is 10.3 Å². The fourth-order valence-corrected chi connectivity index (χ4v) is 6.09. The Labute approximate surface area is 211 Å². The smallest absolute Gasteiger partial charge is 0.258 e. The average molecular weight is 535 g/mol. The normalized spacial score (nSPS) is 15.1. The number of anilines is 2. The molecule has 4 rings (SSSR count). The largest absolute Gasteiger partial charge is 0.495 e. The van der Waals surface area contributed by atoms with Crippen LogP contribution in [0.5, 0.6) is 5.75 Å². The molecule has 0 atom stereocenters. The monoisotopic (exact) mass is 534 g/mol. The Morgan fingerprint density at radius 2 is 1.97 bits per heavy atom. The van der Waals surface area contributed by atoms with Crippen molar-refractivity contribution < 1.29 is 22.3 Å². The van der Waals surface area contributed by atoms with Gasteiger partial charge in [-0.15, -0.1) is 23.1 Å². The van der Waals surface area contributed by atoms with Crippen molar-refractivity contribution in [1.82, 2.24) is 14.2 Å². The molecule has 0 unspecified atom stereocenters. The van der Waals surface area contributed by atoms with Crippen molar-refractivity contribution in [3.8, 4) is 5.75 Å². The summed E-state index contributed by atoms with van der Waals surface area (Å²) in [6.45, 7) is 0.488. The number of thiazole rings is 1. The lowest BCUT2D eigenvalue weighted by Crippen LogP contribution is -2.27. The number of sulfonamides is 1. The van der Waals surface area contributed by atoms with E-state index in [1.807, 2.05) is 11.5 Å². The zero-order chi connectivity index (χ0) is 25.2. The molecule has 12 heteroatoms. The Morgan fingerprint density at radius 3 is 2.66 bits per heavy atom. The van der Waals surface area contributed by atoms with Crippen molar-refractivity contribution in [1.29, 1.82) is 0 Å². The van der Waals surface area contributed by atoms with Crippen LogP contribution in [0.4, 0.5) is 15.2 Å². The summed E-state index contributed by atoms with van der Waals surface area (Å²) in [4.78, 5) is 19.4. The molecule has 8 nitrogen and oxygen atoms in total. The van der Waals surface area contributed by atoms with E-state index in [0.29, 0.717) is 23.1 Å². The van der Waals surface area contributed by atoms with Gasteiger partial charge in [0, 0.05) is 43.0 Å².